The van der Waals surface area contributed by atoms with E-state index in [4.69, 9.17) is 18.9 Å². The van der Waals surface area contributed by atoms with Gasteiger partial charge in [-0.25, -0.2) is 9.19 Å². The van der Waals surface area contributed by atoms with Gasteiger partial charge in [0, 0.05) is 24.3 Å². The highest BCUT2D eigenvalue weighted by molar-refractivity contribution is 7.93. The second kappa shape index (κ2) is 11.1. The van der Waals surface area contributed by atoms with Crippen LogP contribution in [-0.4, -0.2) is 34.9 Å². The van der Waals surface area contributed by atoms with Gasteiger partial charge in [0.05, 0.1) is 17.2 Å². The Morgan fingerprint density at radius 1 is 1.05 bits per heavy atom. The molecule has 1 N–H and O–H groups in total. The van der Waals surface area contributed by atoms with Gasteiger partial charge in [0.25, 0.3) is 5.91 Å². The Hall–Kier alpha value is -3.69. The molecule has 2 aliphatic rings. The molecule has 0 fully saturated rings. The van der Waals surface area contributed by atoms with Gasteiger partial charge < -0.3 is 18.9 Å². The number of aromatic nitrogens is 1. The molecule has 2 atom stereocenters. The van der Waals surface area contributed by atoms with Crippen LogP contribution in [0.15, 0.2) is 60.7 Å². The van der Waals surface area contributed by atoms with E-state index >= 15 is 0 Å². The number of hydrogen-bond acceptors (Lipinski definition) is 7. The van der Waals surface area contributed by atoms with Crippen molar-refractivity contribution in [2.24, 2.45) is 0 Å². The summed E-state index contributed by atoms with van der Waals surface area (Å²) in [6, 6.07) is 17.0. The summed E-state index contributed by atoms with van der Waals surface area (Å²) < 4.78 is 37.9. The van der Waals surface area contributed by atoms with Crippen molar-refractivity contribution in [3.05, 3.63) is 83.1 Å². The molecule has 8 nitrogen and oxygen atoms in total. The van der Waals surface area contributed by atoms with Gasteiger partial charge in [-0.3, -0.25) is 9.52 Å². The molecule has 9 heteroatoms. The van der Waals surface area contributed by atoms with E-state index in [1.807, 2.05) is 56.3 Å². The van der Waals surface area contributed by atoms with Crippen molar-refractivity contribution in [1.82, 2.24) is 9.71 Å². The van der Waals surface area contributed by atoms with Crippen LogP contribution in [0.4, 0.5) is 0 Å². The van der Waals surface area contributed by atoms with Crippen molar-refractivity contribution in [2.75, 3.05) is 19.8 Å². The SMILES string of the molecule is CCOCCOc1ccc(Oc2cccc3c2CC[C@H]3Oc2ccc(C3=CC(=O)NS3=O)cc2)c(C)n1. The van der Waals surface area contributed by atoms with E-state index in [0.29, 0.717) is 42.1 Å². The summed E-state index contributed by atoms with van der Waals surface area (Å²) in [5, 5.41) is 0. The lowest BCUT2D eigenvalue weighted by Gasteiger charge is -2.17. The molecule has 192 valence electrons. The van der Waals surface area contributed by atoms with Crippen molar-refractivity contribution in [3.63, 3.8) is 0 Å². The Balaban J connectivity index is 1.26. The van der Waals surface area contributed by atoms with Gasteiger partial charge in [-0.2, -0.15) is 0 Å². The lowest BCUT2D eigenvalue weighted by atomic mass is 10.1. The van der Waals surface area contributed by atoms with E-state index in [-0.39, 0.29) is 12.0 Å². The van der Waals surface area contributed by atoms with Gasteiger partial charge in [-0.1, -0.05) is 24.3 Å². The van der Waals surface area contributed by atoms with Crippen LogP contribution in [-0.2, 0) is 26.9 Å². The fraction of sp³-hybridized carbons (Fsp3) is 0.286. The van der Waals surface area contributed by atoms with Crippen LogP contribution in [0.3, 0.4) is 0 Å². The third kappa shape index (κ3) is 5.68. The topological polar surface area (TPSA) is 96.0 Å². The zero-order valence-electron chi connectivity index (χ0n) is 20.7. The number of ether oxygens (including phenoxy) is 4. The summed E-state index contributed by atoms with van der Waals surface area (Å²) in [4.78, 5) is 16.4. The van der Waals surface area contributed by atoms with Crippen LogP contribution in [0.5, 0.6) is 23.1 Å². The van der Waals surface area contributed by atoms with Crippen LogP contribution in [0.1, 0.15) is 41.8 Å². The number of pyridine rings is 1. The first-order valence-corrected chi connectivity index (χ1v) is 13.4. The summed E-state index contributed by atoms with van der Waals surface area (Å²) in [5.41, 5.74) is 3.68. The van der Waals surface area contributed by atoms with Gasteiger partial charge >= 0.3 is 0 Å². The van der Waals surface area contributed by atoms with Crippen molar-refractivity contribution >= 4 is 21.8 Å². The summed E-state index contributed by atoms with van der Waals surface area (Å²) in [6.45, 7) is 5.47. The molecular formula is C28H28N2O6S. The monoisotopic (exact) mass is 520 g/mol. The molecule has 3 aromatic rings. The van der Waals surface area contributed by atoms with Gasteiger partial charge in [-0.05, 0) is 62.1 Å². The maximum atomic E-state index is 12.0. The minimum atomic E-state index is -1.52. The molecule has 0 saturated heterocycles. The van der Waals surface area contributed by atoms with E-state index in [2.05, 4.69) is 15.8 Å². The van der Waals surface area contributed by atoms with Crippen molar-refractivity contribution in [1.29, 1.82) is 0 Å². The van der Waals surface area contributed by atoms with Crippen LogP contribution in [0.25, 0.3) is 4.91 Å². The molecule has 0 spiro atoms. The predicted molar refractivity (Wildman–Crippen MR) is 140 cm³/mol. The van der Waals surface area contributed by atoms with Crippen molar-refractivity contribution in [3.8, 4) is 23.1 Å². The number of nitrogens with one attached hydrogen (secondary N) is 1. The number of aryl methyl sites for hydroxylation is 1. The van der Waals surface area contributed by atoms with Crippen LogP contribution in [0, 0.1) is 6.92 Å². The summed E-state index contributed by atoms with van der Waals surface area (Å²) >= 11 is 0. The zero-order valence-corrected chi connectivity index (χ0v) is 21.5. The van der Waals surface area contributed by atoms with Gasteiger partial charge in [0.1, 0.15) is 30.0 Å². The van der Waals surface area contributed by atoms with Crippen LogP contribution >= 0.6 is 0 Å². The number of fused-ring (bicyclic) bond motifs is 1. The Morgan fingerprint density at radius 3 is 2.62 bits per heavy atom. The largest absolute Gasteiger partial charge is 0.486 e. The Bertz CT molecular complexity index is 1360. The minimum absolute atomic E-state index is 0.104. The molecule has 0 bridgehead atoms. The summed E-state index contributed by atoms with van der Waals surface area (Å²) in [6.07, 6.45) is 2.92. The molecule has 1 aliphatic carbocycles. The quantitative estimate of drug-likeness (QED) is 0.384. The molecule has 5 rings (SSSR count). The zero-order chi connectivity index (χ0) is 25.8. The average molecular weight is 521 g/mol. The smallest absolute Gasteiger partial charge is 0.257 e. The number of hydrogen-bond donors (Lipinski definition) is 1. The van der Waals surface area contributed by atoms with E-state index in [1.54, 1.807) is 6.07 Å². The van der Waals surface area contributed by atoms with E-state index < -0.39 is 11.0 Å². The van der Waals surface area contributed by atoms with Crippen LogP contribution < -0.4 is 18.9 Å². The van der Waals surface area contributed by atoms with Crippen molar-refractivity contribution in [2.45, 2.75) is 32.8 Å². The minimum Gasteiger partial charge on any atom is -0.486 e. The molecule has 1 aromatic heterocycles. The van der Waals surface area contributed by atoms with Gasteiger partial charge in [0.2, 0.25) is 5.88 Å². The Labute approximate surface area is 218 Å². The summed E-state index contributed by atoms with van der Waals surface area (Å²) in [5.74, 6) is 2.37. The van der Waals surface area contributed by atoms with E-state index in [9.17, 15) is 9.00 Å². The highest BCUT2D eigenvalue weighted by atomic mass is 32.2. The Morgan fingerprint density at radius 2 is 1.89 bits per heavy atom. The first kappa shape index (κ1) is 25.0. The predicted octanol–water partition coefficient (Wildman–Crippen LogP) is 4.80. The number of benzene rings is 2. The van der Waals surface area contributed by atoms with E-state index in [0.717, 1.165) is 41.0 Å². The maximum absolute atomic E-state index is 12.0. The number of rotatable bonds is 10. The molecule has 37 heavy (non-hydrogen) atoms. The number of carbonyl (C=O) groups excluding carboxylic acids is 1. The highest BCUT2D eigenvalue weighted by Crippen LogP contribution is 2.41. The lowest BCUT2D eigenvalue weighted by Crippen LogP contribution is -2.16. The first-order chi connectivity index (χ1) is 18.0. The van der Waals surface area contributed by atoms with Gasteiger partial charge in [-0.15, -0.1) is 0 Å². The second-order valence-electron chi connectivity index (χ2n) is 8.62. The van der Waals surface area contributed by atoms with E-state index in [1.165, 1.54) is 6.08 Å². The molecule has 0 radical (unpaired) electrons. The number of amides is 1. The lowest BCUT2D eigenvalue weighted by molar-refractivity contribution is -0.114. The fourth-order valence-electron chi connectivity index (χ4n) is 4.38. The maximum Gasteiger partial charge on any atom is 0.257 e. The second-order valence-corrected chi connectivity index (χ2v) is 9.80. The van der Waals surface area contributed by atoms with Crippen LogP contribution in [0.2, 0.25) is 0 Å². The molecule has 2 aromatic carbocycles. The molecule has 1 aliphatic heterocycles. The van der Waals surface area contributed by atoms with Crippen molar-refractivity contribution < 1.29 is 28.0 Å². The third-order valence-electron chi connectivity index (χ3n) is 6.16. The number of nitrogens with zero attached hydrogens (tertiary/aromatic N) is 1. The highest BCUT2D eigenvalue weighted by Gasteiger charge is 2.28. The van der Waals surface area contributed by atoms with Gasteiger partial charge in [0.15, 0.2) is 11.0 Å². The fourth-order valence-corrected chi connectivity index (χ4v) is 5.30. The molecular weight excluding hydrogens is 492 g/mol. The summed E-state index contributed by atoms with van der Waals surface area (Å²) in [7, 11) is -1.52. The first-order valence-electron chi connectivity index (χ1n) is 12.2. The third-order valence-corrected chi connectivity index (χ3v) is 7.30. The molecule has 2 heterocycles. The number of carbonyl (C=O) groups is 1. The average Bonchev–Trinajstić information content (AvgIpc) is 3.46. The standard InChI is InChI=1S/C28H28N2O6S/c1-3-33-15-16-34-28-14-13-23(18(2)29-28)36-24-6-4-5-21-22(24)11-12-25(21)35-20-9-7-19(8-10-20)26-17-27(31)30-37(26)32/h4-10,13-14,17,25H,3,11-12,15-16H2,1-2H3,(H,30,31)/t25-,37?/m1/s1. The molecule has 1 unspecified atom stereocenters. The normalized spacial score (nSPS) is 18.2. The molecule has 1 amide bonds. The molecule has 0 saturated carbocycles. The Kier molecular flexibility index (Phi) is 7.52.